The predicted octanol–water partition coefficient (Wildman–Crippen LogP) is -0.250. The summed E-state index contributed by atoms with van der Waals surface area (Å²) in [5, 5.41) is 3.74. The van der Waals surface area contributed by atoms with E-state index in [0.29, 0.717) is 108 Å². The van der Waals surface area contributed by atoms with Crippen LogP contribution in [0.4, 0.5) is 0 Å². The number of nitrogens with zero attached hydrogens (tertiary/aromatic N) is 2. The van der Waals surface area contributed by atoms with Crippen molar-refractivity contribution in [1.82, 2.24) is 15.4 Å². The normalized spacial score (nSPS) is 14.2. The van der Waals surface area contributed by atoms with E-state index in [2.05, 4.69) is 5.32 Å². The van der Waals surface area contributed by atoms with Crippen LogP contribution < -0.4 is 5.32 Å². The standard InChI is InChI=1S/C36H57N3O18/c40-29(3-1-13-50-21-25-54-26-22-51-18-10-35(46)56-38-31(42)4-5-32(38)43)8-16-48-14-2-15-49-17-9-30(41)37-12-20-53-24-28-55-27-23-52-19-11-36(47)57-39-33(44)6-7-34(39)45/h1-28H2,(H,37,41). The van der Waals surface area contributed by atoms with Gasteiger partial charge >= 0.3 is 11.9 Å². The van der Waals surface area contributed by atoms with Gasteiger partial charge in [0.25, 0.3) is 23.6 Å². The van der Waals surface area contributed by atoms with E-state index < -0.39 is 35.6 Å². The lowest BCUT2D eigenvalue weighted by Gasteiger charge is -2.12. The molecule has 2 rings (SSSR count). The summed E-state index contributed by atoms with van der Waals surface area (Å²) in [6.45, 7) is 5.15. The maximum atomic E-state index is 12.0. The second-order valence-electron chi connectivity index (χ2n) is 12.3. The highest BCUT2D eigenvalue weighted by molar-refractivity contribution is 6.02. The molecule has 0 aromatic rings. The molecule has 0 atom stereocenters. The van der Waals surface area contributed by atoms with Crippen LogP contribution in [0.25, 0.3) is 0 Å². The van der Waals surface area contributed by atoms with Crippen molar-refractivity contribution in [2.75, 3.05) is 112 Å². The number of carbonyl (C=O) groups excluding carboxylic acids is 8. The number of rotatable bonds is 37. The second kappa shape index (κ2) is 32.0. The van der Waals surface area contributed by atoms with Gasteiger partial charge < -0.3 is 52.9 Å². The van der Waals surface area contributed by atoms with Gasteiger partial charge in [-0.2, -0.15) is 0 Å². The summed E-state index contributed by atoms with van der Waals surface area (Å²) in [6, 6.07) is 0. The van der Waals surface area contributed by atoms with E-state index in [1.807, 2.05) is 0 Å². The number of Topliss-reactive ketones (excluding diaryl/α,β-unsaturated/α-hetero) is 1. The third-order valence-corrected chi connectivity index (χ3v) is 7.68. The molecule has 0 bridgehead atoms. The number of ether oxygens (including phenoxy) is 8. The SMILES string of the molecule is O=C(CCCOCCOCCOCCC(=O)ON1C(=O)CCC1=O)CCOCCCOCCC(=O)NCCOCCOCCOCCC(=O)ON1C(=O)CCC1=O. The van der Waals surface area contributed by atoms with Crippen molar-refractivity contribution in [2.45, 2.75) is 70.6 Å². The molecule has 57 heavy (non-hydrogen) atoms. The van der Waals surface area contributed by atoms with E-state index in [4.69, 9.17) is 47.6 Å². The van der Waals surface area contributed by atoms with Crippen LogP contribution >= 0.6 is 0 Å². The zero-order valence-corrected chi connectivity index (χ0v) is 32.5. The van der Waals surface area contributed by atoms with Crippen molar-refractivity contribution in [3.63, 3.8) is 0 Å². The number of hydrogen-bond acceptors (Lipinski definition) is 18. The van der Waals surface area contributed by atoms with Crippen molar-refractivity contribution in [2.24, 2.45) is 0 Å². The van der Waals surface area contributed by atoms with E-state index in [-0.39, 0.29) is 96.3 Å². The molecule has 2 heterocycles. The predicted molar refractivity (Wildman–Crippen MR) is 191 cm³/mol. The van der Waals surface area contributed by atoms with Gasteiger partial charge in [-0.25, -0.2) is 9.59 Å². The molecule has 324 valence electrons. The molecule has 0 aromatic carbocycles. The summed E-state index contributed by atoms with van der Waals surface area (Å²) in [5.41, 5.74) is 0. The third-order valence-electron chi connectivity index (χ3n) is 7.68. The minimum atomic E-state index is -0.727. The molecule has 2 aliphatic rings. The number of imide groups is 2. The highest BCUT2D eigenvalue weighted by atomic mass is 16.7. The average Bonchev–Trinajstić information content (AvgIpc) is 3.68. The smallest absolute Gasteiger partial charge is 0.335 e. The van der Waals surface area contributed by atoms with E-state index in [0.717, 1.165) is 0 Å². The number of amides is 5. The number of ketones is 1. The van der Waals surface area contributed by atoms with Gasteiger partial charge in [-0.05, 0) is 12.8 Å². The molecule has 2 aliphatic heterocycles. The zero-order valence-electron chi connectivity index (χ0n) is 32.5. The van der Waals surface area contributed by atoms with Crippen molar-refractivity contribution in [3.8, 4) is 0 Å². The highest BCUT2D eigenvalue weighted by Crippen LogP contribution is 2.13. The van der Waals surface area contributed by atoms with Gasteiger partial charge in [-0.15, -0.1) is 10.1 Å². The minimum absolute atomic E-state index is 0.0381. The van der Waals surface area contributed by atoms with Gasteiger partial charge in [-0.3, -0.25) is 28.8 Å². The Hall–Kier alpha value is -3.96. The van der Waals surface area contributed by atoms with Gasteiger partial charge in [0.05, 0.1) is 98.7 Å². The first-order chi connectivity index (χ1) is 27.7. The van der Waals surface area contributed by atoms with Crippen LogP contribution in [0.15, 0.2) is 0 Å². The first kappa shape index (κ1) is 49.2. The highest BCUT2D eigenvalue weighted by Gasteiger charge is 2.33. The summed E-state index contributed by atoms with van der Waals surface area (Å²) in [5.74, 6) is -3.63. The maximum Gasteiger partial charge on any atom is 0.335 e. The fourth-order valence-corrected chi connectivity index (χ4v) is 4.67. The van der Waals surface area contributed by atoms with Gasteiger partial charge in [0, 0.05) is 71.3 Å². The van der Waals surface area contributed by atoms with Crippen LogP contribution in [0.5, 0.6) is 0 Å². The minimum Gasteiger partial charge on any atom is -0.381 e. The topological polar surface area (TPSA) is 247 Å². The Labute approximate surface area is 331 Å². The molecule has 0 aliphatic carbocycles. The Morgan fingerprint density at radius 1 is 0.404 bits per heavy atom. The maximum absolute atomic E-state index is 12.0. The number of hydrogen-bond donors (Lipinski definition) is 1. The molecule has 21 nitrogen and oxygen atoms in total. The van der Waals surface area contributed by atoms with Gasteiger partial charge in [0.2, 0.25) is 5.91 Å². The van der Waals surface area contributed by atoms with E-state index in [9.17, 15) is 38.4 Å². The lowest BCUT2D eigenvalue weighted by molar-refractivity contribution is -0.198. The van der Waals surface area contributed by atoms with Crippen LogP contribution in [0, 0.1) is 0 Å². The fourth-order valence-electron chi connectivity index (χ4n) is 4.67. The van der Waals surface area contributed by atoms with Crippen molar-refractivity contribution in [3.05, 3.63) is 0 Å². The summed E-state index contributed by atoms with van der Waals surface area (Å²) < 4.78 is 43.1. The molecule has 2 fully saturated rings. The molecule has 5 amide bonds. The quantitative estimate of drug-likeness (QED) is 0.0627. The molecule has 0 unspecified atom stereocenters. The molecule has 21 heteroatoms. The first-order valence-electron chi connectivity index (χ1n) is 19.2. The molecular weight excluding hydrogens is 762 g/mol. The van der Waals surface area contributed by atoms with Gasteiger partial charge in [0.15, 0.2) is 0 Å². The van der Waals surface area contributed by atoms with E-state index >= 15 is 0 Å². The molecule has 0 aromatic heterocycles. The lowest BCUT2D eigenvalue weighted by atomic mass is 10.2. The van der Waals surface area contributed by atoms with Crippen LogP contribution in [0.3, 0.4) is 0 Å². The molecule has 1 N–H and O–H groups in total. The van der Waals surface area contributed by atoms with Gasteiger partial charge in [-0.1, -0.05) is 0 Å². The van der Waals surface area contributed by atoms with Crippen molar-refractivity contribution < 1.29 is 85.9 Å². The largest absolute Gasteiger partial charge is 0.381 e. The number of nitrogens with one attached hydrogen (secondary N) is 1. The van der Waals surface area contributed by atoms with Crippen LogP contribution in [-0.2, 0) is 85.9 Å². The lowest BCUT2D eigenvalue weighted by Crippen LogP contribution is -2.32. The van der Waals surface area contributed by atoms with Crippen LogP contribution in [0.2, 0.25) is 0 Å². The van der Waals surface area contributed by atoms with Crippen LogP contribution in [0.1, 0.15) is 70.6 Å². The molecule has 0 saturated carbocycles. The molecular formula is C36H57N3O18. The number of hydroxylamine groups is 4. The fraction of sp³-hybridized carbons (Fsp3) is 0.778. The first-order valence-corrected chi connectivity index (χ1v) is 19.2. The van der Waals surface area contributed by atoms with E-state index in [1.165, 1.54) is 0 Å². The Balaban J connectivity index is 1.21. The molecule has 0 spiro atoms. The second-order valence-corrected chi connectivity index (χ2v) is 12.3. The summed E-state index contributed by atoms with van der Waals surface area (Å²) >= 11 is 0. The summed E-state index contributed by atoms with van der Waals surface area (Å²) in [7, 11) is 0. The number of carbonyl (C=O) groups is 8. The molecule has 2 saturated heterocycles. The Bertz CT molecular complexity index is 1130. The van der Waals surface area contributed by atoms with Crippen LogP contribution in [-0.4, -0.2) is 170 Å². The third kappa shape index (κ3) is 25.1. The summed E-state index contributed by atoms with van der Waals surface area (Å²) in [6.07, 6.45) is 2.11. The summed E-state index contributed by atoms with van der Waals surface area (Å²) in [4.78, 5) is 102. The Morgan fingerprint density at radius 2 is 0.754 bits per heavy atom. The average molecular weight is 820 g/mol. The van der Waals surface area contributed by atoms with E-state index in [1.54, 1.807) is 0 Å². The van der Waals surface area contributed by atoms with Gasteiger partial charge in [0.1, 0.15) is 5.78 Å². The Morgan fingerprint density at radius 3 is 1.23 bits per heavy atom. The Kier molecular flexibility index (Phi) is 27.7. The van der Waals surface area contributed by atoms with Crippen molar-refractivity contribution >= 4 is 47.3 Å². The zero-order chi connectivity index (χ0) is 41.4. The van der Waals surface area contributed by atoms with Crippen molar-refractivity contribution in [1.29, 1.82) is 0 Å². The monoisotopic (exact) mass is 819 g/mol. The molecule has 0 radical (unpaired) electrons.